The van der Waals surface area contributed by atoms with Crippen LogP contribution < -0.4 is 17.1 Å². The van der Waals surface area contributed by atoms with Gasteiger partial charge in [-0.1, -0.05) is 23.4 Å². The van der Waals surface area contributed by atoms with Gasteiger partial charge in [-0.3, -0.25) is 4.79 Å². The molecule has 0 aliphatic carbocycles. The number of ether oxygens (including phenoxy) is 1. The van der Waals surface area contributed by atoms with Gasteiger partial charge in [0.05, 0.1) is 24.0 Å². The summed E-state index contributed by atoms with van der Waals surface area (Å²) in [5.41, 5.74) is 5.85. The van der Waals surface area contributed by atoms with Crippen molar-refractivity contribution >= 4 is 22.6 Å². The van der Waals surface area contributed by atoms with Crippen molar-refractivity contribution in [2.45, 2.75) is 25.7 Å². The van der Waals surface area contributed by atoms with Crippen LogP contribution >= 0.6 is 0 Å². The van der Waals surface area contributed by atoms with E-state index in [9.17, 15) is 4.79 Å². The number of piperidine rings is 1. The Morgan fingerprint density at radius 1 is 1.21 bits per heavy atom. The Morgan fingerprint density at radius 3 is 2.67 bits per heavy atom. The molecule has 2 saturated heterocycles. The molecule has 9 heteroatoms. The molecule has 3 heterocycles. The zero-order chi connectivity index (χ0) is 23.0. The van der Waals surface area contributed by atoms with Gasteiger partial charge in [0.1, 0.15) is 5.52 Å². The summed E-state index contributed by atoms with van der Waals surface area (Å²) >= 11 is 0. The van der Waals surface area contributed by atoms with Gasteiger partial charge in [-0.15, -0.1) is 0 Å². The van der Waals surface area contributed by atoms with Gasteiger partial charge in [0, 0.05) is 24.2 Å². The average Bonchev–Trinajstić information content (AvgIpc) is 3.26. The molecule has 0 bridgehead atoms. The van der Waals surface area contributed by atoms with Gasteiger partial charge in [-0.2, -0.15) is 5.10 Å². The van der Waals surface area contributed by atoms with E-state index in [0.29, 0.717) is 30.7 Å². The van der Waals surface area contributed by atoms with Crippen molar-refractivity contribution in [1.29, 1.82) is 0 Å². The van der Waals surface area contributed by atoms with Gasteiger partial charge < -0.3 is 25.4 Å². The third-order valence-electron chi connectivity index (χ3n) is 6.78. The molecule has 5 N–H and O–H groups in total. The lowest BCUT2D eigenvalue weighted by molar-refractivity contribution is -0.169. The molecule has 0 atom stereocenters. The Kier molecular flexibility index (Phi) is 5.51. The zero-order valence-corrected chi connectivity index (χ0v) is 18.6. The number of likely N-dealkylation sites (tertiary alicyclic amines) is 1. The maximum absolute atomic E-state index is 12.8. The second-order valence-electron chi connectivity index (χ2n) is 9.11. The summed E-state index contributed by atoms with van der Waals surface area (Å²) in [5.74, 6) is 12.6. The van der Waals surface area contributed by atoms with Gasteiger partial charge in [-0.05, 0) is 55.5 Å². The first-order valence-corrected chi connectivity index (χ1v) is 11.1. The normalized spacial score (nSPS) is 18.8. The van der Waals surface area contributed by atoms with Crippen LogP contribution in [0.1, 0.15) is 36.8 Å². The molecule has 2 aliphatic heterocycles. The number of nitrogens with zero attached hydrogens (tertiary/aromatic N) is 3. The van der Waals surface area contributed by atoms with E-state index in [0.717, 1.165) is 48.0 Å². The summed E-state index contributed by atoms with van der Waals surface area (Å²) < 4.78 is 11.0. The van der Waals surface area contributed by atoms with Gasteiger partial charge in [0.25, 0.3) is 0 Å². The van der Waals surface area contributed by atoms with E-state index >= 15 is 0 Å². The third-order valence-corrected chi connectivity index (χ3v) is 6.78. The van der Waals surface area contributed by atoms with Crippen LogP contribution in [0.15, 0.2) is 52.1 Å². The molecule has 2 aliphatic rings. The lowest BCUT2D eigenvalue weighted by Gasteiger charge is -2.42. The van der Waals surface area contributed by atoms with E-state index in [1.165, 1.54) is 5.56 Å². The topological polar surface area (TPSA) is 132 Å². The van der Waals surface area contributed by atoms with E-state index in [1.54, 1.807) is 0 Å². The Bertz CT molecular complexity index is 1210. The number of hydrazone groups is 1. The molecule has 3 aromatic rings. The first-order valence-electron chi connectivity index (χ1n) is 11.1. The van der Waals surface area contributed by atoms with Crippen molar-refractivity contribution < 1.29 is 14.1 Å². The van der Waals surface area contributed by atoms with Crippen LogP contribution in [-0.2, 0) is 9.53 Å². The van der Waals surface area contributed by atoms with Crippen LogP contribution in [0.4, 0.5) is 0 Å². The van der Waals surface area contributed by atoms with Crippen molar-refractivity contribution in [2.24, 2.45) is 22.2 Å². The van der Waals surface area contributed by atoms with Gasteiger partial charge in [0.15, 0.2) is 11.6 Å². The second kappa shape index (κ2) is 8.49. The Morgan fingerprint density at radius 2 is 2.00 bits per heavy atom. The Balaban J connectivity index is 1.36. The number of nitrogens with one attached hydrogen (secondary N) is 1. The molecule has 172 valence electrons. The number of carbonyl (C=O) groups is 1. The minimum absolute atomic E-state index is 0.220. The standard InChI is InChI=1S/C24H28N6O3/c1-24(13-32-14-24)23(31)30-9-7-15(8-10-30)16-3-2-4-17(11-16)21-19-12-18(22(27-25)28-26)5-6-20(19)29-33-21/h2-6,11-12,15H,7-10,13-14,25-26H2,1H3,(H,27,28). The van der Waals surface area contributed by atoms with E-state index in [2.05, 4.69) is 27.8 Å². The number of rotatable bonds is 4. The van der Waals surface area contributed by atoms with Crippen molar-refractivity contribution in [3.63, 3.8) is 0 Å². The van der Waals surface area contributed by atoms with Crippen LogP contribution in [0.5, 0.6) is 0 Å². The summed E-state index contributed by atoms with van der Waals surface area (Å²) in [6.45, 7) is 4.59. The van der Waals surface area contributed by atoms with Gasteiger partial charge in [0.2, 0.25) is 5.91 Å². The summed E-state index contributed by atoms with van der Waals surface area (Å²) in [6.07, 6.45) is 1.87. The van der Waals surface area contributed by atoms with Crippen LogP contribution in [0, 0.1) is 5.41 Å². The molecule has 9 nitrogen and oxygen atoms in total. The fraction of sp³-hybridized carbons (Fsp3) is 0.375. The summed E-state index contributed by atoms with van der Waals surface area (Å²) in [4.78, 5) is 14.8. The molecule has 5 rings (SSSR count). The van der Waals surface area contributed by atoms with E-state index < -0.39 is 0 Å². The Labute approximate surface area is 191 Å². The highest BCUT2D eigenvalue weighted by atomic mass is 16.5. The van der Waals surface area contributed by atoms with Crippen LogP contribution in [0.3, 0.4) is 0 Å². The number of hydrogen-bond acceptors (Lipinski definition) is 7. The van der Waals surface area contributed by atoms with Crippen LogP contribution in [0.25, 0.3) is 22.2 Å². The van der Waals surface area contributed by atoms with E-state index in [-0.39, 0.29) is 11.3 Å². The van der Waals surface area contributed by atoms with Crippen LogP contribution in [0.2, 0.25) is 0 Å². The predicted octanol–water partition coefficient (Wildman–Crippen LogP) is 2.32. The summed E-state index contributed by atoms with van der Waals surface area (Å²) in [6, 6.07) is 14.0. The number of nitrogens with two attached hydrogens (primary N) is 2. The number of benzene rings is 2. The van der Waals surface area contributed by atoms with Crippen molar-refractivity contribution in [2.75, 3.05) is 26.3 Å². The second-order valence-corrected chi connectivity index (χ2v) is 9.11. The van der Waals surface area contributed by atoms with E-state index in [1.807, 2.05) is 42.2 Å². The lowest BCUT2D eigenvalue weighted by atomic mass is 9.84. The molecule has 0 radical (unpaired) electrons. The molecule has 0 unspecified atom stereocenters. The fourth-order valence-corrected chi connectivity index (χ4v) is 4.76. The number of hydrazine groups is 1. The van der Waals surface area contributed by atoms with Gasteiger partial charge in [-0.25, -0.2) is 5.84 Å². The molecular formula is C24H28N6O3. The van der Waals surface area contributed by atoms with Crippen molar-refractivity contribution in [3.05, 3.63) is 53.6 Å². The number of hydrogen-bond donors (Lipinski definition) is 3. The monoisotopic (exact) mass is 448 g/mol. The lowest BCUT2D eigenvalue weighted by Crippen LogP contribution is -2.54. The maximum atomic E-state index is 12.8. The highest BCUT2D eigenvalue weighted by molar-refractivity contribution is 6.03. The minimum Gasteiger partial charge on any atom is -0.379 e. The highest BCUT2D eigenvalue weighted by Crippen LogP contribution is 2.36. The Hall–Kier alpha value is -3.43. The predicted molar refractivity (Wildman–Crippen MR) is 125 cm³/mol. The van der Waals surface area contributed by atoms with Crippen LogP contribution in [-0.4, -0.2) is 48.1 Å². The fourth-order valence-electron chi connectivity index (χ4n) is 4.76. The minimum atomic E-state index is -0.340. The summed E-state index contributed by atoms with van der Waals surface area (Å²) in [7, 11) is 0. The molecule has 2 fully saturated rings. The number of aromatic nitrogens is 1. The first kappa shape index (κ1) is 21.4. The largest absolute Gasteiger partial charge is 0.379 e. The number of fused-ring (bicyclic) bond motifs is 1. The molecule has 2 aromatic carbocycles. The molecular weight excluding hydrogens is 420 g/mol. The quantitative estimate of drug-likeness (QED) is 0.241. The molecule has 33 heavy (non-hydrogen) atoms. The van der Waals surface area contributed by atoms with Crippen molar-refractivity contribution in [3.8, 4) is 11.3 Å². The number of carbonyl (C=O) groups excluding carboxylic acids is 1. The average molecular weight is 449 g/mol. The zero-order valence-electron chi connectivity index (χ0n) is 18.6. The molecule has 0 saturated carbocycles. The molecule has 0 spiro atoms. The van der Waals surface area contributed by atoms with Crippen molar-refractivity contribution in [1.82, 2.24) is 15.5 Å². The molecule has 1 amide bonds. The maximum Gasteiger partial charge on any atom is 0.233 e. The smallest absolute Gasteiger partial charge is 0.233 e. The summed E-state index contributed by atoms with van der Waals surface area (Å²) in [5, 5.41) is 8.74. The SMILES string of the molecule is CC1(C(=O)N2CCC(c3cccc(-c4onc5ccc(C(=NN)NN)cc45)c3)CC2)COC1. The first-order chi connectivity index (χ1) is 16.0. The van der Waals surface area contributed by atoms with E-state index in [4.69, 9.17) is 20.9 Å². The number of amidine groups is 1. The number of amides is 1. The molecule has 1 aromatic heterocycles. The highest BCUT2D eigenvalue weighted by Gasteiger charge is 2.44. The third kappa shape index (κ3) is 3.83. The van der Waals surface area contributed by atoms with Gasteiger partial charge >= 0.3 is 0 Å².